The van der Waals surface area contributed by atoms with E-state index in [2.05, 4.69) is 55.7 Å². The van der Waals surface area contributed by atoms with E-state index >= 15 is 0 Å². The van der Waals surface area contributed by atoms with Crippen molar-refractivity contribution in [2.45, 2.75) is 32.5 Å². The van der Waals surface area contributed by atoms with Crippen LogP contribution in [0.25, 0.3) is 10.9 Å². The Bertz CT molecular complexity index is 1190. The van der Waals surface area contributed by atoms with Crippen LogP contribution in [0.1, 0.15) is 23.7 Å². The van der Waals surface area contributed by atoms with E-state index in [-0.39, 0.29) is 0 Å². The van der Waals surface area contributed by atoms with E-state index < -0.39 is 0 Å². The van der Waals surface area contributed by atoms with Gasteiger partial charge in [-0.15, -0.1) is 6.42 Å². The van der Waals surface area contributed by atoms with Crippen LogP contribution in [0.3, 0.4) is 0 Å². The second kappa shape index (κ2) is 8.71. The molecule has 2 aliphatic rings. The van der Waals surface area contributed by atoms with Crippen LogP contribution in [-0.2, 0) is 6.54 Å². The third-order valence-corrected chi connectivity index (χ3v) is 7.10. The van der Waals surface area contributed by atoms with Crippen LogP contribution in [-0.4, -0.2) is 64.6 Å². The van der Waals surface area contributed by atoms with E-state index in [4.69, 9.17) is 18.0 Å². The standard InChI is InChI=1S/C26H28ClN5/c1-4-20-7-9-24(23-6-5-11-28-26(20)23)31-14-18(2)32-13-12-30(16-22(32)17-31)15-21-8-10-25(27)29-19(21)3/h1,5-11,18,22H,12-17H2,2-3H3. The van der Waals surface area contributed by atoms with Crippen molar-refractivity contribution in [1.82, 2.24) is 19.8 Å². The molecule has 0 aliphatic carbocycles. The number of benzene rings is 1. The van der Waals surface area contributed by atoms with Crippen LogP contribution in [0.5, 0.6) is 0 Å². The zero-order chi connectivity index (χ0) is 22.2. The van der Waals surface area contributed by atoms with Crippen molar-refractivity contribution in [3.63, 3.8) is 0 Å². The van der Waals surface area contributed by atoms with Gasteiger partial charge in [-0.25, -0.2) is 4.98 Å². The van der Waals surface area contributed by atoms with Crippen molar-refractivity contribution in [1.29, 1.82) is 0 Å². The maximum absolute atomic E-state index is 6.05. The average molecular weight is 446 g/mol. The molecule has 32 heavy (non-hydrogen) atoms. The van der Waals surface area contributed by atoms with Crippen LogP contribution in [0.4, 0.5) is 5.69 Å². The minimum absolute atomic E-state index is 0.479. The Hall–Kier alpha value is -2.65. The number of halogens is 1. The molecule has 0 N–H and O–H groups in total. The number of fused-ring (bicyclic) bond motifs is 2. The monoisotopic (exact) mass is 445 g/mol. The third kappa shape index (κ3) is 3.95. The molecule has 0 amide bonds. The summed E-state index contributed by atoms with van der Waals surface area (Å²) in [5.74, 6) is 2.78. The topological polar surface area (TPSA) is 35.5 Å². The molecule has 2 unspecified atom stereocenters. The highest BCUT2D eigenvalue weighted by Gasteiger charge is 2.36. The molecule has 2 aliphatic heterocycles. The molecule has 0 radical (unpaired) electrons. The Balaban J connectivity index is 1.38. The van der Waals surface area contributed by atoms with Gasteiger partial charge in [0.2, 0.25) is 0 Å². The van der Waals surface area contributed by atoms with Crippen LogP contribution >= 0.6 is 11.6 Å². The van der Waals surface area contributed by atoms with E-state index in [1.807, 2.05) is 31.3 Å². The number of rotatable bonds is 3. The number of aromatic nitrogens is 2. The number of hydrogen-bond acceptors (Lipinski definition) is 5. The lowest BCUT2D eigenvalue weighted by Crippen LogP contribution is -2.65. The predicted octanol–water partition coefficient (Wildman–Crippen LogP) is 3.97. The van der Waals surface area contributed by atoms with Crippen LogP contribution in [0, 0.1) is 19.3 Å². The lowest BCUT2D eigenvalue weighted by Gasteiger charge is -2.51. The maximum atomic E-state index is 6.05. The van der Waals surface area contributed by atoms with Crippen molar-refractivity contribution >= 4 is 28.2 Å². The first kappa shape index (κ1) is 21.2. The molecule has 0 saturated carbocycles. The molecule has 0 bridgehead atoms. The van der Waals surface area contributed by atoms with E-state index in [9.17, 15) is 0 Å². The summed E-state index contributed by atoms with van der Waals surface area (Å²) in [6.45, 7) is 10.5. The lowest BCUT2D eigenvalue weighted by molar-refractivity contribution is 0.0316. The Kier molecular flexibility index (Phi) is 5.77. The maximum Gasteiger partial charge on any atom is 0.129 e. The lowest BCUT2D eigenvalue weighted by atomic mass is 10.0. The number of terminal acetylenes is 1. The number of anilines is 1. The van der Waals surface area contributed by atoms with Gasteiger partial charge < -0.3 is 4.90 Å². The summed E-state index contributed by atoms with van der Waals surface area (Å²) >= 11 is 6.05. The molecule has 164 valence electrons. The van der Waals surface area contributed by atoms with E-state index in [0.717, 1.165) is 61.4 Å². The summed E-state index contributed by atoms with van der Waals surface area (Å²) in [6, 6.07) is 13.3. The smallest absolute Gasteiger partial charge is 0.129 e. The molecule has 2 fully saturated rings. The SMILES string of the molecule is C#Cc1ccc(N2CC(C)N3CCN(Cc4ccc(Cl)nc4C)CC3C2)c2cccnc12. The van der Waals surface area contributed by atoms with Gasteiger partial charge in [-0.2, -0.15) is 0 Å². The summed E-state index contributed by atoms with van der Waals surface area (Å²) in [7, 11) is 0. The third-order valence-electron chi connectivity index (χ3n) is 6.89. The fourth-order valence-corrected chi connectivity index (χ4v) is 5.48. The first-order chi connectivity index (χ1) is 15.5. The van der Waals surface area contributed by atoms with Gasteiger partial charge in [-0.1, -0.05) is 23.6 Å². The molecule has 0 spiro atoms. The number of pyridine rings is 2. The zero-order valence-corrected chi connectivity index (χ0v) is 19.4. The molecule has 2 saturated heterocycles. The summed E-state index contributed by atoms with van der Waals surface area (Å²) in [6.07, 6.45) is 7.54. The van der Waals surface area contributed by atoms with E-state index in [1.165, 1.54) is 11.3 Å². The van der Waals surface area contributed by atoms with Gasteiger partial charge in [-0.05, 0) is 49.7 Å². The largest absolute Gasteiger partial charge is 0.368 e. The number of hydrogen-bond donors (Lipinski definition) is 0. The number of piperazine rings is 2. The van der Waals surface area contributed by atoms with Gasteiger partial charge in [0.1, 0.15) is 5.15 Å². The molecule has 2 atom stereocenters. The van der Waals surface area contributed by atoms with E-state index in [0.29, 0.717) is 17.2 Å². The van der Waals surface area contributed by atoms with Crippen molar-refractivity contribution < 1.29 is 0 Å². The molecular formula is C26H28ClN5. The minimum Gasteiger partial charge on any atom is -0.368 e. The molecule has 1 aromatic carbocycles. The fourth-order valence-electron chi connectivity index (χ4n) is 5.29. The van der Waals surface area contributed by atoms with Crippen molar-refractivity contribution in [2.75, 3.05) is 37.6 Å². The highest BCUT2D eigenvalue weighted by Crippen LogP contribution is 2.32. The molecule has 5 nitrogen and oxygen atoms in total. The van der Waals surface area contributed by atoms with Crippen molar-refractivity contribution in [3.05, 3.63) is 64.6 Å². The predicted molar refractivity (Wildman–Crippen MR) is 131 cm³/mol. The zero-order valence-electron chi connectivity index (χ0n) is 18.6. The van der Waals surface area contributed by atoms with Gasteiger partial charge in [0.25, 0.3) is 0 Å². The van der Waals surface area contributed by atoms with Gasteiger partial charge in [-0.3, -0.25) is 14.8 Å². The summed E-state index contributed by atoms with van der Waals surface area (Å²) in [5.41, 5.74) is 5.27. The quantitative estimate of drug-likeness (QED) is 0.450. The molecular weight excluding hydrogens is 418 g/mol. The summed E-state index contributed by atoms with van der Waals surface area (Å²) in [4.78, 5) is 16.8. The number of aryl methyl sites for hydroxylation is 1. The molecule has 6 heteroatoms. The first-order valence-corrected chi connectivity index (χ1v) is 11.6. The van der Waals surface area contributed by atoms with Gasteiger partial charge >= 0.3 is 0 Å². The highest BCUT2D eigenvalue weighted by molar-refractivity contribution is 6.29. The van der Waals surface area contributed by atoms with Crippen LogP contribution < -0.4 is 4.90 Å². The normalized spacial score (nSPS) is 22.0. The van der Waals surface area contributed by atoms with Crippen molar-refractivity contribution in [3.8, 4) is 12.3 Å². The van der Waals surface area contributed by atoms with Crippen LogP contribution in [0.2, 0.25) is 5.15 Å². The second-order valence-corrected chi connectivity index (χ2v) is 9.32. The minimum atomic E-state index is 0.479. The molecule has 4 heterocycles. The highest BCUT2D eigenvalue weighted by atomic mass is 35.5. The Morgan fingerprint density at radius 3 is 2.81 bits per heavy atom. The van der Waals surface area contributed by atoms with Gasteiger partial charge in [0.15, 0.2) is 0 Å². The molecule has 2 aromatic heterocycles. The van der Waals surface area contributed by atoms with Gasteiger partial charge in [0, 0.05) is 74.3 Å². The summed E-state index contributed by atoms with van der Waals surface area (Å²) < 4.78 is 0. The summed E-state index contributed by atoms with van der Waals surface area (Å²) in [5, 5.41) is 1.70. The van der Waals surface area contributed by atoms with Crippen LogP contribution in [0.15, 0.2) is 42.6 Å². The Labute approximate surface area is 195 Å². The average Bonchev–Trinajstić information content (AvgIpc) is 2.80. The van der Waals surface area contributed by atoms with E-state index in [1.54, 1.807) is 0 Å². The second-order valence-electron chi connectivity index (χ2n) is 8.94. The molecule has 5 rings (SSSR count). The Morgan fingerprint density at radius 2 is 2.00 bits per heavy atom. The van der Waals surface area contributed by atoms with Crippen molar-refractivity contribution in [2.24, 2.45) is 0 Å². The first-order valence-electron chi connectivity index (χ1n) is 11.2. The fraction of sp³-hybridized carbons (Fsp3) is 0.385. The molecule has 3 aromatic rings. The number of nitrogens with zero attached hydrogens (tertiary/aromatic N) is 5. The Morgan fingerprint density at radius 1 is 1.12 bits per heavy atom. The van der Waals surface area contributed by atoms with Gasteiger partial charge in [0.05, 0.1) is 11.1 Å².